The van der Waals surface area contributed by atoms with Crippen molar-refractivity contribution < 1.29 is 23.9 Å². The van der Waals surface area contributed by atoms with Gasteiger partial charge in [-0.2, -0.15) is 0 Å². The smallest absolute Gasteiger partial charge is 0.413 e. The van der Waals surface area contributed by atoms with Crippen LogP contribution in [0.5, 0.6) is 0 Å². The fraction of sp³-hybridized carbons (Fsp3) is 0.700. The summed E-state index contributed by atoms with van der Waals surface area (Å²) in [4.78, 5) is 40.3. The number of hydrogen-bond donors (Lipinski definition) is 2. The van der Waals surface area contributed by atoms with Gasteiger partial charge in [-0.15, -0.1) is 6.58 Å². The van der Waals surface area contributed by atoms with Crippen molar-refractivity contribution in [2.45, 2.75) is 79.1 Å². The van der Waals surface area contributed by atoms with Gasteiger partial charge in [0.05, 0.1) is 0 Å². The summed E-state index contributed by atoms with van der Waals surface area (Å²) in [6.07, 6.45) is 1.46. The SMILES string of the molecule is C=CC[C@H](CN=C(C)NC(=O)OC(C)(C)C)[C@H](NC(C)=O)C(=O)OC(C)(C)C. The molecule has 0 spiro atoms. The van der Waals surface area contributed by atoms with Gasteiger partial charge in [-0.3, -0.25) is 15.1 Å². The molecule has 0 aromatic carbocycles. The molecule has 0 aliphatic rings. The number of carbonyl (C=O) groups is 3. The molecule has 8 heteroatoms. The van der Waals surface area contributed by atoms with E-state index in [1.807, 2.05) is 0 Å². The van der Waals surface area contributed by atoms with Gasteiger partial charge in [0.1, 0.15) is 23.1 Å². The van der Waals surface area contributed by atoms with Crippen molar-refractivity contribution in [2.75, 3.05) is 6.54 Å². The van der Waals surface area contributed by atoms with Gasteiger partial charge in [-0.1, -0.05) is 6.08 Å². The third-order valence-corrected chi connectivity index (χ3v) is 3.21. The maximum Gasteiger partial charge on any atom is 0.413 e. The van der Waals surface area contributed by atoms with Crippen LogP contribution < -0.4 is 10.6 Å². The van der Waals surface area contributed by atoms with Crippen LogP contribution in [0, 0.1) is 5.92 Å². The highest BCUT2D eigenvalue weighted by Gasteiger charge is 2.32. The number of aliphatic imine (C=N–C) groups is 1. The third kappa shape index (κ3) is 12.1. The first-order chi connectivity index (χ1) is 12.6. The Morgan fingerprint density at radius 3 is 2.00 bits per heavy atom. The molecular weight excluding hydrogens is 362 g/mol. The molecule has 0 unspecified atom stereocenters. The lowest BCUT2D eigenvalue weighted by Crippen LogP contribution is -2.49. The number of nitrogens with one attached hydrogen (secondary N) is 2. The van der Waals surface area contributed by atoms with E-state index in [4.69, 9.17) is 9.47 Å². The lowest BCUT2D eigenvalue weighted by atomic mass is 9.95. The number of esters is 1. The lowest BCUT2D eigenvalue weighted by Gasteiger charge is -2.28. The zero-order valence-corrected chi connectivity index (χ0v) is 18.3. The fourth-order valence-electron chi connectivity index (χ4n) is 2.23. The summed E-state index contributed by atoms with van der Waals surface area (Å²) >= 11 is 0. The van der Waals surface area contributed by atoms with Crippen molar-refractivity contribution >= 4 is 23.8 Å². The van der Waals surface area contributed by atoms with E-state index in [-0.39, 0.29) is 18.4 Å². The van der Waals surface area contributed by atoms with Gasteiger partial charge in [-0.25, -0.2) is 9.59 Å². The Balaban J connectivity index is 5.29. The predicted octanol–water partition coefficient (Wildman–Crippen LogP) is 2.97. The monoisotopic (exact) mass is 397 g/mol. The largest absolute Gasteiger partial charge is 0.458 e. The number of ether oxygens (including phenoxy) is 2. The molecule has 0 aliphatic carbocycles. The maximum atomic E-state index is 12.6. The number of amides is 2. The number of amidine groups is 1. The Bertz CT molecular complexity index is 600. The molecule has 8 nitrogen and oxygen atoms in total. The normalized spacial score (nSPS) is 14.5. The summed E-state index contributed by atoms with van der Waals surface area (Å²) in [6.45, 7) is 17.4. The van der Waals surface area contributed by atoms with Crippen molar-refractivity contribution in [3.63, 3.8) is 0 Å². The van der Waals surface area contributed by atoms with E-state index in [2.05, 4.69) is 22.2 Å². The van der Waals surface area contributed by atoms with Gasteiger partial charge in [-0.05, 0) is 54.9 Å². The maximum absolute atomic E-state index is 12.6. The topological polar surface area (TPSA) is 106 Å². The minimum Gasteiger partial charge on any atom is -0.458 e. The van der Waals surface area contributed by atoms with Gasteiger partial charge in [0.2, 0.25) is 5.91 Å². The fourth-order valence-corrected chi connectivity index (χ4v) is 2.23. The summed E-state index contributed by atoms with van der Waals surface area (Å²) in [6, 6.07) is -0.882. The highest BCUT2D eigenvalue weighted by Crippen LogP contribution is 2.17. The molecule has 0 radical (unpaired) electrons. The lowest BCUT2D eigenvalue weighted by molar-refractivity contribution is -0.160. The molecule has 0 rings (SSSR count). The Hall–Kier alpha value is -2.38. The predicted molar refractivity (Wildman–Crippen MR) is 109 cm³/mol. The molecule has 2 atom stereocenters. The van der Waals surface area contributed by atoms with E-state index in [9.17, 15) is 14.4 Å². The van der Waals surface area contributed by atoms with Crippen molar-refractivity contribution in [1.82, 2.24) is 10.6 Å². The second-order valence-corrected chi connectivity index (χ2v) is 8.55. The minimum absolute atomic E-state index is 0.178. The molecule has 0 heterocycles. The van der Waals surface area contributed by atoms with Gasteiger partial charge < -0.3 is 14.8 Å². The van der Waals surface area contributed by atoms with Crippen LogP contribution in [0.15, 0.2) is 17.6 Å². The summed E-state index contributed by atoms with van der Waals surface area (Å²) in [5.74, 6) is -0.930. The third-order valence-electron chi connectivity index (χ3n) is 3.21. The van der Waals surface area contributed by atoms with Crippen molar-refractivity contribution in [1.29, 1.82) is 0 Å². The van der Waals surface area contributed by atoms with Crippen LogP contribution >= 0.6 is 0 Å². The molecule has 0 aliphatic heterocycles. The zero-order chi connectivity index (χ0) is 22.1. The molecule has 0 aromatic rings. The molecule has 160 valence electrons. The average molecular weight is 398 g/mol. The van der Waals surface area contributed by atoms with Gasteiger partial charge in [0.15, 0.2) is 0 Å². The Morgan fingerprint density at radius 1 is 1.04 bits per heavy atom. The molecule has 0 saturated heterocycles. The number of nitrogens with zero attached hydrogens (tertiary/aromatic N) is 1. The van der Waals surface area contributed by atoms with E-state index in [1.54, 1.807) is 54.5 Å². The minimum atomic E-state index is -0.882. The quantitative estimate of drug-likeness (QED) is 0.297. The van der Waals surface area contributed by atoms with Crippen molar-refractivity contribution in [2.24, 2.45) is 10.9 Å². The van der Waals surface area contributed by atoms with E-state index in [0.29, 0.717) is 12.3 Å². The van der Waals surface area contributed by atoms with Gasteiger partial charge in [0, 0.05) is 19.4 Å². The Kier molecular flexibility index (Phi) is 9.91. The molecule has 0 aromatic heterocycles. The molecule has 0 bridgehead atoms. The highest BCUT2D eigenvalue weighted by molar-refractivity contribution is 5.94. The number of alkyl carbamates (subject to hydrolysis) is 1. The number of carbonyl (C=O) groups excluding carboxylic acids is 3. The van der Waals surface area contributed by atoms with E-state index in [1.165, 1.54) is 6.92 Å². The summed E-state index contributed by atoms with van der Waals surface area (Å²) < 4.78 is 10.6. The number of rotatable bonds is 7. The van der Waals surface area contributed by atoms with Crippen LogP contribution in [0.4, 0.5) is 4.79 Å². The average Bonchev–Trinajstić information content (AvgIpc) is 2.45. The van der Waals surface area contributed by atoms with Crippen LogP contribution in [0.2, 0.25) is 0 Å². The molecule has 2 N–H and O–H groups in total. The summed E-state index contributed by atoms with van der Waals surface area (Å²) in [5, 5.41) is 5.18. The van der Waals surface area contributed by atoms with Gasteiger partial charge in [0.25, 0.3) is 0 Å². The number of hydrogen-bond acceptors (Lipinski definition) is 6. The first-order valence-electron chi connectivity index (χ1n) is 9.26. The standard InChI is InChI=1S/C20H35N3O5/c1-10-11-15(12-21-13(2)22-18(26)28-20(7,8)9)16(23-14(3)24)17(25)27-19(4,5)6/h10,15-16H,1,11-12H2,2-9H3,(H,23,24)(H,21,22,26)/t15-,16+/m1/s1. The van der Waals surface area contributed by atoms with Crippen LogP contribution in [-0.4, -0.2) is 47.6 Å². The highest BCUT2D eigenvalue weighted by atomic mass is 16.6. The van der Waals surface area contributed by atoms with Gasteiger partial charge >= 0.3 is 12.1 Å². The van der Waals surface area contributed by atoms with E-state index in [0.717, 1.165) is 0 Å². The first-order valence-corrected chi connectivity index (χ1v) is 9.26. The second kappa shape index (κ2) is 10.8. The molecular formula is C20H35N3O5. The van der Waals surface area contributed by atoms with Crippen LogP contribution in [0.3, 0.4) is 0 Å². The van der Waals surface area contributed by atoms with Crippen molar-refractivity contribution in [3.05, 3.63) is 12.7 Å². The molecule has 28 heavy (non-hydrogen) atoms. The summed E-state index contributed by atoms with van der Waals surface area (Å²) in [7, 11) is 0. The molecule has 0 saturated carbocycles. The van der Waals surface area contributed by atoms with Crippen LogP contribution in [-0.2, 0) is 19.1 Å². The second-order valence-electron chi connectivity index (χ2n) is 8.55. The van der Waals surface area contributed by atoms with Crippen molar-refractivity contribution in [3.8, 4) is 0 Å². The zero-order valence-electron chi connectivity index (χ0n) is 18.3. The molecule has 0 fully saturated rings. The molecule has 2 amide bonds. The number of allylic oxidation sites excluding steroid dienone is 1. The van der Waals surface area contributed by atoms with Crippen LogP contribution in [0.1, 0.15) is 61.8 Å². The van der Waals surface area contributed by atoms with Crippen LogP contribution in [0.25, 0.3) is 0 Å². The Labute approximate surface area is 168 Å². The summed E-state index contributed by atoms with van der Waals surface area (Å²) in [5.41, 5.74) is -1.31. The Morgan fingerprint density at radius 2 is 1.57 bits per heavy atom. The first kappa shape index (κ1) is 25.6. The van der Waals surface area contributed by atoms with E-state index >= 15 is 0 Å². The van der Waals surface area contributed by atoms with E-state index < -0.39 is 29.3 Å².